The molecule has 10 rings (SSSR count). The molecule has 8 aromatic rings. The molecule has 0 radical (unpaired) electrons. The van der Waals surface area contributed by atoms with Gasteiger partial charge in [-0.05, 0) is 119 Å². The van der Waals surface area contributed by atoms with Crippen LogP contribution in [0.3, 0.4) is 0 Å². The SMILES string of the molecule is Cc1cccc(C)c1-c1cc(-c2cccc(C(C3=CC=CCC3)(C3=CC=CCC3)c3ccccc3)c2)nc(-c2cccc(C(c3ccccc3)(c3ccccc3)c3ccccc3)c2)c1. The molecular weight excluding hydrogens is 771 g/mol. The first-order chi connectivity index (χ1) is 31.6. The van der Waals surface area contributed by atoms with Crippen LogP contribution in [0.4, 0.5) is 0 Å². The average molecular weight is 824 g/mol. The lowest BCUT2D eigenvalue weighted by atomic mass is 9.61. The molecule has 1 nitrogen and oxygen atoms in total. The third kappa shape index (κ3) is 7.31. The number of aromatic nitrogens is 1. The summed E-state index contributed by atoms with van der Waals surface area (Å²) in [5, 5.41) is 0. The topological polar surface area (TPSA) is 12.9 Å². The molecule has 0 saturated heterocycles. The Labute approximate surface area is 379 Å². The Morgan fingerprint density at radius 3 is 1.14 bits per heavy atom. The predicted octanol–water partition coefficient (Wildman–Crippen LogP) is 15.9. The van der Waals surface area contributed by atoms with Crippen LogP contribution in [0.1, 0.15) is 70.2 Å². The molecule has 0 aliphatic heterocycles. The molecule has 0 amide bonds. The van der Waals surface area contributed by atoms with Gasteiger partial charge in [0.1, 0.15) is 0 Å². The van der Waals surface area contributed by atoms with E-state index in [1.54, 1.807) is 0 Å². The van der Waals surface area contributed by atoms with Crippen molar-refractivity contribution in [3.8, 4) is 33.6 Å². The quantitative estimate of drug-likeness (QED) is 0.118. The molecule has 0 fully saturated rings. The number of allylic oxidation sites excluding steroid dienone is 8. The molecule has 2 aliphatic carbocycles. The van der Waals surface area contributed by atoms with Gasteiger partial charge in [-0.3, -0.25) is 0 Å². The average Bonchev–Trinajstić information content (AvgIpc) is 3.37. The van der Waals surface area contributed by atoms with Crippen LogP contribution in [0.25, 0.3) is 33.6 Å². The molecule has 1 aromatic heterocycles. The first kappa shape index (κ1) is 40.7. The predicted molar refractivity (Wildman–Crippen MR) is 268 cm³/mol. The standard InChI is InChI=1S/C63H53N/c1-46-24-21-25-47(2)61(46)50-44-59(48-26-22-40-57(42-48)62(51-28-9-3-10-29-51,52-30-11-4-12-31-52)53-32-13-5-14-33-53)64-60(45-50)49-27-23-41-58(43-49)63(54-34-15-6-16-35-54,55-36-17-7-18-37-55)56-38-19-8-20-39-56/h3-17,19,21-36,38,40-45H,18,20,37,39H2,1-2H3. The molecule has 310 valence electrons. The van der Waals surface area contributed by atoms with Gasteiger partial charge in [-0.25, -0.2) is 4.98 Å². The largest absolute Gasteiger partial charge is 0.248 e. The summed E-state index contributed by atoms with van der Waals surface area (Å²) in [6.45, 7) is 4.45. The lowest BCUT2D eigenvalue weighted by Crippen LogP contribution is -2.34. The number of hydrogen-bond acceptors (Lipinski definition) is 1. The first-order valence-corrected chi connectivity index (χ1v) is 22.8. The fourth-order valence-corrected chi connectivity index (χ4v) is 10.8. The van der Waals surface area contributed by atoms with Crippen molar-refractivity contribution in [2.45, 2.75) is 50.4 Å². The molecule has 0 saturated carbocycles. The second kappa shape index (κ2) is 17.8. The van der Waals surface area contributed by atoms with E-state index in [1.165, 1.54) is 66.8 Å². The van der Waals surface area contributed by atoms with Crippen LogP contribution >= 0.6 is 0 Å². The van der Waals surface area contributed by atoms with Crippen LogP contribution in [-0.2, 0) is 10.8 Å². The number of rotatable bonds is 11. The molecule has 1 heteroatoms. The highest BCUT2D eigenvalue weighted by Crippen LogP contribution is 2.51. The monoisotopic (exact) mass is 823 g/mol. The van der Waals surface area contributed by atoms with Crippen molar-refractivity contribution in [3.63, 3.8) is 0 Å². The minimum absolute atomic E-state index is 0.413. The van der Waals surface area contributed by atoms with E-state index in [0.29, 0.717) is 0 Å². The van der Waals surface area contributed by atoms with Gasteiger partial charge in [0.2, 0.25) is 0 Å². The maximum Gasteiger partial charge on any atom is 0.0715 e. The lowest BCUT2D eigenvalue weighted by molar-refractivity contribution is 0.629. The molecule has 0 N–H and O–H groups in total. The van der Waals surface area contributed by atoms with Crippen LogP contribution < -0.4 is 0 Å². The van der Waals surface area contributed by atoms with Crippen LogP contribution in [0.5, 0.6) is 0 Å². The molecule has 64 heavy (non-hydrogen) atoms. The fourth-order valence-electron chi connectivity index (χ4n) is 10.8. The molecule has 7 aromatic carbocycles. The van der Waals surface area contributed by atoms with Crippen molar-refractivity contribution in [2.24, 2.45) is 0 Å². The Bertz CT molecular complexity index is 2890. The van der Waals surface area contributed by atoms with E-state index in [9.17, 15) is 0 Å². The maximum atomic E-state index is 5.67. The van der Waals surface area contributed by atoms with Crippen LogP contribution in [0.15, 0.2) is 248 Å². The summed E-state index contributed by atoms with van der Waals surface area (Å²) >= 11 is 0. The van der Waals surface area contributed by atoms with Gasteiger partial charge >= 0.3 is 0 Å². The van der Waals surface area contributed by atoms with E-state index in [1.807, 2.05) is 0 Å². The van der Waals surface area contributed by atoms with E-state index in [4.69, 9.17) is 4.98 Å². The third-order valence-corrected chi connectivity index (χ3v) is 13.6. The van der Waals surface area contributed by atoms with Crippen molar-refractivity contribution >= 4 is 0 Å². The Kier molecular flexibility index (Phi) is 11.3. The van der Waals surface area contributed by atoms with Crippen molar-refractivity contribution in [1.29, 1.82) is 0 Å². The highest BCUT2D eigenvalue weighted by Gasteiger charge is 2.42. The summed E-state index contributed by atoms with van der Waals surface area (Å²) < 4.78 is 0. The fraction of sp³-hybridized carbons (Fsp3) is 0.127. The third-order valence-electron chi connectivity index (χ3n) is 13.6. The number of hydrogen-bond donors (Lipinski definition) is 0. The smallest absolute Gasteiger partial charge is 0.0715 e. The van der Waals surface area contributed by atoms with Crippen LogP contribution in [0.2, 0.25) is 0 Å². The Morgan fingerprint density at radius 2 is 0.734 bits per heavy atom. The molecular formula is C63H53N. The van der Waals surface area contributed by atoms with E-state index in [2.05, 4.69) is 250 Å². The van der Waals surface area contributed by atoms with Gasteiger partial charge in [0, 0.05) is 11.1 Å². The van der Waals surface area contributed by atoms with E-state index >= 15 is 0 Å². The second-order valence-electron chi connectivity index (χ2n) is 17.3. The molecule has 0 bridgehead atoms. The Balaban J connectivity index is 1.21. The highest BCUT2D eigenvalue weighted by atomic mass is 14.7. The zero-order valence-electron chi connectivity index (χ0n) is 36.8. The summed E-state index contributed by atoms with van der Waals surface area (Å²) in [5.41, 5.74) is 18.3. The maximum absolute atomic E-state index is 5.67. The number of benzene rings is 7. The minimum atomic E-state index is -0.575. The summed E-state index contributed by atoms with van der Waals surface area (Å²) in [5.74, 6) is 0. The number of pyridine rings is 1. The van der Waals surface area contributed by atoms with Gasteiger partial charge in [0.15, 0.2) is 0 Å². The van der Waals surface area contributed by atoms with Gasteiger partial charge in [0.05, 0.1) is 22.2 Å². The molecule has 2 aliphatic rings. The molecule has 1 heterocycles. The van der Waals surface area contributed by atoms with Gasteiger partial charge in [-0.1, -0.05) is 224 Å². The van der Waals surface area contributed by atoms with Gasteiger partial charge in [0.25, 0.3) is 0 Å². The highest BCUT2D eigenvalue weighted by molar-refractivity contribution is 5.81. The van der Waals surface area contributed by atoms with E-state index in [-0.39, 0.29) is 0 Å². The lowest BCUT2D eigenvalue weighted by Gasteiger charge is -2.41. The second-order valence-corrected chi connectivity index (χ2v) is 17.3. The van der Waals surface area contributed by atoms with Crippen molar-refractivity contribution in [3.05, 3.63) is 292 Å². The van der Waals surface area contributed by atoms with Crippen molar-refractivity contribution in [1.82, 2.24) is 4.98 Å². The normalized spacial score (nSPS) is 13.9. The minimum Gasteiger partial charge on any atom is -0.248 e. The first-order valence-electron chi connectivity index (χ1n) is 22.8. The zero-order valence-corrected chi connectivity index (χ0v) is 36.8. The van der Waals surface area contributed by atoms with Crippen LogP contribution in [0, 0.1) is 13.8 Å². The van der Waals surface area contributed by atoms with Gasteiger partial charge in [-0.2, -0.15) is 0 Å². The summed E-state index contributed by atoms with van der Waals surface area (Å²) in [6.07, 6.45) is 18.0. The molecule has 0 atom stereocenters. The summed E-state index contributed by atoms with van der Waals surface area (Å²) in [7, 11) is 0. The summed E-state index contributed by atoms with van der Waals surface area (Å²) in [6, 6.07) is 73.8. The molecule has 0 unspecified atom stereocenters. The van der Waals surface area contributed by atoms with Gasteiger partial charge in [-0.15, -0.1) is 0 Å². The summed E-state index contributed by atoms with van der Waals surface area (Å²) in [4.78, 5) is 5.67. The van der Waals surface area contributed by atoms with E-state index < -0.39 is 10.8 Å². The Hall–Kier alpha value is -7.35. The van der Waals surface area contributed by atoms with E-state index in [0.717, 1.165) is 48.2 Å². The number of aryl methyl sites for hydroxylation is 2. The van der Waals surface area contributed by atoms with Crippen molar-refractivity contribution < 1.29 is 0 Å². The van der Waals surface area contributed by atoms with Crippen LogP contribution in [-0.4, -0.2) is 4.98 Å². The Morgan fingerprint density at radius 1 is 0.359 bits per heavy atom. The zero-order chi connectivity index (χ0) is 43.4. The number of nitrogens with zero attached hydrogens (tertiary/aromatic N) is 1. The molecule has 0 spiro atoms. The van der Waals surface area contributed by atoms with Crippen molar-refractivity contribution in [2.75, 3.05) is 0 Å². The van der Waals surface area contributed by atoms with Gasteiger partial charge < -0.3 is 0 Å².